The molecule has 0 atom stereocenters. The average Bonchev–Trinajstić information content (AvgIpc) is 2.46. The number of carbonyl (C=O) groups excluding carboxylic acids is 1. The number of hydrogen-bond acceptors (Lipinski definition) is 4. The molecule has 0 saturated carbocycles. The largest absolute Gasteiger partial charge is 0.497 e. The van der Waals surface area contributed by atoms with Crippen LogP contribution >= 0.6 is 0 Å². The second-order valence-corrected chi connectivity index (χ2v) is 3.50. The van der Waals surface area contributed by atoms with E-state index >= 15 is 0 Å². The van der Waals surface area contributed by atoms with Gasteiger partial charge in [0.2, 0.25) is 0 Å². The van der Waals surface area contributed by atoms with Gasteiger partial charge < -0.3 is 4.74 Å². The number of carbonyl (C=O) groups is 1. The van der Waals surface area contributed by atoms with Crippen LogP contribution in [0.25, 0.3) is 0 Å². The van der Waals surface area contributed by atoms with Crippen LogP contribution in [0.3, 0.4) is 0 Å². The van der Waals surface area contributed by atoms with Gasteiger partial charge in [0.05, 0.1) is 12.7 Å². The van der Waals surface area contributed by atoms with Crippen molar-refractivity contribution in [2.24, 2.45) is 0 Å². The molecule has 0 aliphatic carbocycles. The second-order valence-electron chi connectivity index (χ2n) is 3.50. The molecule has 2 aromatic rings. The quantitative estimate of drug-likeness (QED) is 0.612. The number of ether oxygens (including phenoxy) is 1. The number of hydrogen-bond donors (Lipinski definition) is 0. The normalized spacial score (nSPS) is 9.61. The molecular weight excluding hydrogens is 232 g/mol. The summed E-state index contributed by atoms with van der Waals surface area (Å²) in [6.45, 7) is 0. The zero-order chi connectivity index (χ0) is 12.8. The molecule has 0 aliphatic rings. The van der Waals surface area contributed by atoms with Crippen molar-refractivity contribution in [3.05, 3.63) is 60.2 Å². The molecule has 0 aliphatic heterocycles. The van der Waals surface area contributed by atoms with E-state index in [4.69, 9.17) is 14.5 Å². The Morgan fingerprint density at radius 2 is 1.50 bits per heavy atom. The molecule has 4 heteroatoms. The third kappa shape index (κ3) is 3.01. The van der Waals surface area contributed by atoms with Gasteiger partial charge in [-0.3, -0.25) is 4.89 Å². The Kier molecular flexibility index (Phi) is 3.81. The number of benzene rings is 2. The monoisotopic (exact) mass is 244 g/mol. The molecule has 0 saturated heterocycles. The van der Waals surface area contributed by atoms with Gasteiger partial charge in [0, 0.05) is 0 Å². The lowest BCUT2D eigenvalue weighted by molar-refractivity contribution is -0.149. The predicted molar refractivity (Wildman–Crippen MR) is 65.5 cm³/mol. The minimum Gasteiger partial charge on any atom is -0.497 e. The highest BCUT2D eigenvalue weighted by Gasteiger charge is 2.08. The third-order valence-electron chi connectivity index (χ3n) is 2.28. The molecule has 0 fully saturated rings. The molecule has 18 heavy (non-hydrogen) atoms. The topological polar surface area (TPSA) is 44.8 Å². The van der Waals surface area contributed by atoms with Crippen molar-refractivity contribution in [2.75, 3.05) is 7.11 Å². The van der Waals surface area contributed by atoms with Crippen LogP contribution in [0, 0.1) is 0 Å². The standard InChI is InChI=1S/C14H12O4/c1-16-12-7-9-13(10-8-12)17-18-14(15)11-5-3-2-4-6-11/h2-10H,1H3. The predicted octanol–water partition coefficient (Wildman–Crippen LogP) is 2.85. The first-order valence-corrected chi connectivity index (χ1v) is 5.37. The van der Waals surface area contributed by atoms with Crippen LogP contribution in [0.2, 0.25) is 0 Å². The van der Waals surface area contributed by atoms with Crippen molar-refractivity contribution in [1.82, 2.24) is 0 Å². The summed E-state index contributed by atoms with van der Waals surface area (Å²) in [6.07, 6.45) is 0. The lowest BCUT2D eigenvalue weighted by Gasteiger charge is -2.05. The zero-order valence-electron chi connectivity index (χ0n) is 9.83. The molecule has 0 bridgehead atoms. The highest BCUT2D eigenvalue weighted by atomic mass is 17.2. The van der Waals surface area contributed by atoms with Crippen molar-refractivity contribution in [3.8, 4) is 11.5 Å². The van der Waals surface area contributed by atoms with E-state index in [1.54, 1.807) is 55.6 Å². The Labute approximate surface area is 105 Å². The molecule has 2 aromatic carbocycles. The van der Waals surface area contributed by atoms with Gasteiger partial charge in [-0.2, -0.15) is 0 Å². The fourth-order valence-corrected chi connectivity index (χ4v) is 1.34. The second kappa shape index (κ2) is 5.72. The number of methoxy groups -OCH3 is 1. The summed E-state index contributed by atoms with van der Waals surface area (Å²) in [5.41, 5.74) is 0.436. The highest BCUT2D eigenvalue weighted by Crippen LogP contribution is 2.17. The van der Waals surface area contributed by atoms with Crippen molar-refractivity contribution < 1.29 is 19.3 Å². The van der Waals surface area contributed by atoms with E-state index < -0.39 is 5.97 Å². The molecule has 0 amide bonds. The van der Waals surface area contributed by atoms with Crippen molar-refractivity contribution in [2.45, 2.75) is 0 Å². The molecule has 4 nitrogen and oxygen atoms in total. The zero-order valence-corrected chi connectivity index (χ0v) is 9.83. The summed E-state index contributed by atoms with van der Waals surface area (Å²) < 4.78 is 5.00. The molecule has 92 valence electrons. The average molecular weight is 244 g/mol. The molecule has 0 spiro atoms. The minimum atomic E-state index is -0.536. The minimum absolute atomic E-state index is 0.431. The van der Waals surface area contributed by atoms with Gasteiger partial charge in [-0.05, 0) is 36.4 Å². The first-order valence-electron chi connectivity index (χ1n) is 5.37. The van der Waals surface area contributed by atoms with Crippen molar-refractivity contribution >= 4 is 5.97 Å². The number of rotatable bonds is 4. The Bertz CT molecular complexity index is 505. The highest BCUT2D eigenvalue weighted by molar-refractivity contribution is 5.88. The summed E-state index contributed by atoms with van der Waals surface area (Å²) in [6, 6.07) is 15.4. The maximum absolute atomic E-state index is 11.6. The smallest absolute Gasteiger partial charge is 0.386 e. The van der Waals surface area contributed by atoms with E-state index in [9.17, 15) is 4.79 Å². The van der Waals surface area contributed by atoms with Gasteiger partial charge >= 0.3 is 5.97 Å². The SMILES string of the molecule is COc1ccc(OOC(=O)c2ccccc2)cc1. The van der Waals surface area contributed by atoms with Crippen LogP contribution in [0.4, 0.5) is 0 Å². The van der Waals surface area contributed by atoms with Crippen LogP contribution in [0.1, 0.15) is 10.4 Å². The lowest BCUT2D eigenvalue weighted by atomic mass is 10.2. The molecule has 0 heterocycles. The van der Waals surface area contributed by atoms with Crippen LogP contribution < -0.4 is 9.62 Å². The van der Waals surface area contributed by atoms with E-state index in [1.165, 1.54) is 0 Å². The van der Waals surface area contributed by atoms with Gasteiger partial charge in [-0.25, -0.2) is 9.68 Å². The molecule has 0 aromatic heterocycles. The summed E-state index contributed by atoms with van der Waals surface area (Å²) in [5, 5.41) is 0. The maximum Gasteiger partial charge on any atom is 0.386 e. The van der Waals surface area contributed by atoms with E-state index in [2.05, 4.69) is 0 Å². The van der Waals surface area contributed by atoms with Gasteiger partial charge in [-0.15, -0.1) is 0 Å². The van der Waals surface area contributed by atoms with Crippen LogP contribution in [-0.4, -0.2) is 13.1 Å². The molecule has 0 N–H and O–H groups in total. The summed E-state index contributed by atoms with van der Waals surface area (Å²) in [5.74, 6) is 0.600. The Morgan fingerprint density at radius 3 is 2.11 bits per heavy atom. The lowest BCUT2D eigenvalue weighted by Crippen LogP contribution is -2.08. The Hall–Kier alpha value is -2.49. The maximum atomic E-state index is 11.6. The van der Waals surface area contributed by atoms with E-state index in [1.807, 2.05) is 6.07 Å². The molecule has 2 rings (SSSR count). The first kappa shape index (κ1) is 12.0. The molecule has 0 radical (unpaired) electrons. The fourth-order valence-electron chi connectivity index (χ4n) is 1.34. The van der Waals surface area contributed by atoms with E-state index in [0.717, 1.165) is 0 Å². The van der Waals surface area contributed by atoms with Gasteiger partial charge in [0.25, 0.3) is 0 Å². The Morgan fingerprint density at radius 1 is 0.889 bits per heavy atom. The van der Waals surface area contributed by atoms with E-state index in [-0.39, 0.29) is 0 Å². The Balaban J connectivity index is 1.93. The van der Waals surface area contributed by atoms with E-state index in [0.29, 0.717) is 17.1 Å². The van der Waals surface area contributed by atoms with Crippen LogP contribution in [0.15, 0.2) is 54.6 Å². The van der Waals surface area contributed by atoms with Crippen molar-refractivity contribution in [1.29, 1.82) is 0 Å². The van der Waals surface area contributed by atoms with Crippen LogP contribution in [0.5, 0.6) is 11.5 Å². The van der Waals surface area contributed by atoms with Gasteiger partial charge in [-0.1, -0.05) is 18.2 Å². The first-order chi connectivity index (χ1) is 8.79. The molecule has 0 unspecified atom stereocenters. The summed E-state index contributed by atoms with van der Waals surface area (Å²) in [4.78, 5) is 21.2. The molecular formula is C14H12O4. The van der Waals surface area contributed by atoms with Crippen LogP contribution in [-0.2, 0) is 4.89 Å². The van der Waals surface area contributed by atoms with Crippen molar-refractivity contribution in [3.63, 3.8) is 0 Å². The fraction of sp³-hybridized carbons (Fsp3) is 0.0714. The third-order valence-corrected chi connectivity index (χ3v) is 2.28. The summed E-state index contributed by atoms with van der Waals surface area (Å²) in [7, 11) is 1.57. The van der Waals surface area contributed by atoms with Gasteiger partial charge in [0.1, 0.15) is 5.75 Å². The van der Waals surface area contributed by atoms with Gasteiger partial charge in [0.15, 0.2) is 5.75 Å². The summed E-state index contributed by atoms with van der Waals surface area (Å²) >= 11 is 0.